The molecule has 4 N–H and O–H groups in total. The molecule has 7 nitrogen and oxygen atoms in total. The number of anilines is 2. The van der Waals surface area contributed by atoms with E-state index in [9.17, 15) is 4.79 Å². The number of benzene rings is 1. The van der Waals surface area contributed by atoms with E-state index < -0.39 is 0 Å². The second kappa shape index (κ2) is 7.97. The van der Waals surface area contributed by atoms with Gasteiger partial charge in [-0.1, -0.05) is 18.9 Å². The van der Waals surface area contributed by atoms with E-state index in [0.29, 0.717) is 17.0 Å². The van der Waals surface area contributed by atoms with Crippen LogP contribution in [0.5, 0.6) is 0 Å². The normalized spacial score (nSPS) is 19.1. The Morgan fingerprint density at radius 1 is 1.17 bits per heavy atom. The maximum Gasteiger partial charge on any atom is 0.258 e. The molecule has 0 saturated heterocycles. The van der Waals surface area contributed by atoms with Gasteiger partial charge in [0.2, 0.25) is 5.95 Å². The van der Waals surface area contributed by atoms with Gasteiger partial charge in [-0.2, -0.15) is 0 Å². The smallest absolute Gasteiger partial charge is 0.258 e. The molecule has 4 aromatic rings. The van der Waals surface area contributed by atoms with Crippen LogP contribution in [0.15, 0.2) is 48.1 Å². The number of aromatic nitrogens is 3. The van der Waals surface area contributed by atoms with Crippen molar-refractivity contribution in [3.8, 4) is 0 Å². The number of nitrogens with one attached hydrogen (secondary N) is 2. The molecule has 1 aliphatic carbocycles. The van der Waals surface area contributed by atoms with Crippen molar-refractivity contribution in [3.05, 3.63) is 53.7 Å². The number of carbonyl (C=O) groups is 1. The third kappa shape index (κ3) is 3.71. The van der Waals surface area contributed by atoms with Crippen molar-refractivity contribution < 1.29 is 4.79 Å². The van der Waals surface area contributed by atoms with E-state index in [1.165, 1.54) is 17.8 Å². The van der Waals surface area contributed by atoms with Crippen LogP contribution in [-0.4, -0.2) is 32.9 Å². The minimum atomic E-state index is -0.191. The van der Waals surface area contributed by atoms with Crippen molar-refractivity contribution in [1.29, 1.82) is 0 Å². The Hall–Kier alpha value is -3.10. The molecule has 3 aromatic heterocycles. The lowest BCUT2D eigenvalue weighted by molar-refractivity contribution is 0.102. The maximum atomic E-state index is 13.0. The van der Waals surface area contributed by atoms with E-state index in [1.54, 1.807) is 12.4 Å². The average molecular weight is 419 g/mol. The first-order valence-corrected chi connectivity index (χ1v) is 11.0. The highest BCUT2D eigenvalue weighted by Gasteiger charge is 2.23. The molecule has 8 heteroatoms. The molecule has 1 fully saturated rings. The van der Waals surface area contributed by atoms with Crippen molar-refractivity contribution in [2.24, 2.45) is 5.73 Å². The topological polar surface area (TPSA) is 106 Å². The van der Waals surface area contributed by atoms with Crippen LogP contribution in [0.25, 0.3) is 21.1 Å². The highest BCUT2D eigenvalue weighted by molar-refractivity contribution is 7.17. The van der Waals surface area contributed by atoms with Gasteiger partial charge in [0.05, 0.1) is 27.5 Å². The molecule has 30 heavy (non-hydrogen) atoms. The van der Waals surface area contributed by atoms with Crippen LogP contribution in [0.1, 0.15) is 36.0 Å². The monoisotopic (exact) mass is 418 g/mol. The lowest BCUT2D eigenvalue weighted by Crippen LogP contribution is -2.42. The van der Waals surface area contributed by atoms with Gasteiger partial charge in [0.1, 0.15) is 0 Å². The molecule has 1 amide bonds. The number of pyridine rings is 1. The van der Waals surface area contributed by atoms with Crippen LogP contribution < -0.4 is 16.4 Å². The molecule has 5 rings (SSSR count). The Kier molecular flexibility index (Phi) is 5.02. The zero-order valence-electron chi connectivity index (χ0n) is 16.3. The van der Waals surface area contributed by atoms with Crippen molar-refractivity contribution in [2.75, 3.05) is 10.6 Å². The summed E-state index contributed by atoms with van der Waals surface area (Å²) in [5.74, 6) is 0.331. The van der Waals surface area contributed by atoms with Gasteiger partial charge in [-0.3, -0.25) is 9.78 Å². The predicted octanol–water partition coefficient (Wildman–Crippen LogP) is 4.17. The number of nitrogens with two attached hydrogens (primary N) is 1. The summed E-state index contributed by atoms with van der Waals surface area (Å²) in [4.78, 5) is 26.3. The fourth-order valence-corrected chi connectivity index (χ4v) is 4.76. The molecule has 0 radical (unpaired) electrons. The van der Waals surface area contributed by atoms with E-state index in [2.05, 4.69) is 25.6 Å². The molecule has 3 heterocycles. The summed E-state index contributed by atoms with van der Waals surface area (Å²) in [5.41, 5.74) is 9.05. The number of rotatable bonds is 4. The Bertz CT molecular complexity index is 1220. The molecular weight excluding hydrogens is 396 g/mol. The van der Waals surface area contributed by atoms with Gasteiger partial charge in [-0.15, -0.1) is 11.3 Å². The highest BCUT2D eigenvalue weighted by Crippen LogP contribution is 2.27. The summed E-state index contributed by atoms with van der Waals surface area (Å²) in [6, 6.07) is 9.79. The summed E-state index contributed by atoms with van der Waals surface area (Å²) >= 11 is 1.46. The molecular formula is C22H22N6OS. The van der Waals surface area contributed by atoms with Gasteiger partial charge in [0.15, 0.2) is 0 Å². The predicted molar refractivity (Wildman–Crippen MR) is 121 cm³/mol. The quantitative estimate of drug-likeness (QED) is 0.459. The number of amides is 1. The number of carbonyl (C=O) groups excluding carboxylic acids is 1. The van der Waals surface area contributed by atoms with Crippen LogP contribution in [0.4, 0.5) is 11.6 Å². The van der Waals surface area contributed by atoms with Gasteiger partial charge in [-0.05, 0) is 37.1 Å². The SMILES string of the molecule is N[C@H]1CCCC[C@H]1Nc1ncc2scc(C(=O)Nc3ccc4ncccc4c3)c2n1. The zero-order chi connectivity index (χ0) is 20.5. The highest BCUT2D eigenvalue weighted by atomic mass is 32.1. The van der Waals surface area contributed by atoms with E-state index in [4.69, 9.17) is 5.73 Å². The lowest BCUT2D eigenvalue weighted by atomic mass is 9.91. The Balaban J connectivity index is 1.39. The fraction of sp³-hybridized carbons (Fsp3) is 0.273. The molecule has 0 bridgehead atoms. The molecule has 2 atom stereocenters. The maximum absolute atomic E-state index is 13.0. The van der Waals surface area contributed by atoms with Gasteiger partial charge in [0, 0.05) is 34.7 Å². The lowest BCUT2D eigenvalue weighted by Gasteiger charge is -2.29. The number of hydrogen-bond acceptors (Lipinski definition) is 7. The van der Waals surface area contributed by atoms with Crippen molar-refractivity contribution in [2.45, 2.75) is 37.8 Å². The van der Waals surface area contributed by atoms with Crippen LogP contribution in [0.2, 0.25) is 0 Å². The van der Waals surface area contributed by atoms with Gasteiger partial charge in [0.25, 0.3) is 5.91 Å². The number of fused-ring (bicyclic) bond motifs is 2. The first-order chi connectivity index (χ1) is 14.7. The van der Waals surface area contributed by atoms with E-state index in [0.717, 1.165) is 40.6 Å². The number of hydrogen-bond donors (Lipinski definition) is 3. The van der Waals surface area contributed by atoms with Gasteiger partial charge < -0.3 is 16.4 Å². The molecule has 1 saturated carbocycles. The third-order valence-corrected chi connectivity index (χ3v) is 6.46. The molecule has 0 spiro atoms. The third-order valence-electron chi connectivity index (χ3n) is 5.55. The number of nitrogens with zero attached hydrogens (tertiary/aromatic N) is 3. The Labute approximate surface area is 177 Å². The first kappa shape index (κ1) is 18.9. The van der Waals surface area contributed by atoms with Gasteiger partial charge in [-0.25, -0.2) is 9.97 Å². The molecule has 0 aliphatic heterocycles. The Morgan fingerprint density at radius 2 is 2.07 bits per heavy atom. The van der Waals surface area contributed by atoms with Crippen LogP contribution in [-0.2, 0) is 0 Å². The van der Waals surface area contributed by atoms with Gasteiger partial charge >= 0.3 is 0 Å². The molecule has 1 aliphatic rings. The van der Waals surface area contributed by atoms with Crippen molar-refractivity contribution >= 4 is 50.0 Å². The average Bonchev–Trinajstić information content (AvgIpc) is 3.19. The summed E-state index contributed by atoms with van der Waals surface area (Å²) in [5, 5.41) is 9.14. The zero-order valence-corrected chi connectivity index (χ0v) is 17.2. The van der Waals surface area contributed by atoms with Crippen LogP contribution in [0.3, 0.4) is 0 Å². The molecule has 0 unspecified atom stereocenters. The standard InChI is InChI=1S/C22H22N6OS/c23-16-5-1-2-6-18(16)27-22-25-11-19-20(28-22)15(12-30-19)21(29)26-14-7-8-17-13(10-14)4-3-9-24-17/h3-4,7-12,16,18H,1-2,5-6,23H2,(H,26,29)(H,25,27,28)/t16-,18+/m0/s1. The summed E-state index contributed by atoms with van der Waals surface area (Å²) in [6.45, 7) is 0. The second-order valence-corrected chi connectivity index (χ2v) is 8.53. The Morgan fingerprint density at radius 3 is 2.97 bits per heavy atom. The summed E-state index contributed by atoms with van der Waals surface area (Å²) in [6.07, 6.45) is 7.86. The fourth-order valence-electron chi connectivity index (χ4n) is 3.92. The second-order valence-electron chi connectivity index (χ2n) is 7.62. The van der Waals surface area contributed by atoms with Crippen molar-refractivity contribution in [1.82, 2.24) is 15.0 Å². The van der Waals surface area contributed by atoms with Crippen LogP contribution in [0, 0.1) is 0 Å². The summed E-state index contributed by atoms with van der Waals surface area (Å²) < 4.78 is 0.876. The van der Waals surface area contributed by atoms with E-state index in [-0.39, 0.29) is 18.0 Å². The molecule has 1 aromatic carbocycles. The van der Waals surface area contributed by atoms with Crippen LogP contribution >= 0.6 is 11.3 Å². The minimum absolute atomic E-state index is 0.102. The van der Waals surface area contributed by atoms with E-state index >= 15 is 0 Å². The first-order valence-electron chi connectivity index (χ1n) is 10.1. The molecule has 152 valence electrons. The minimum Gasteiger partial charge on any atom is -0.350 e. The summed E-state index contributed by atoms with van der Waals surface area (Å²) in [7, 11) is 0. The largest absolute Gasteiger partial charge is 0.350 e. The van der Waals surface area contributed by atoms with E-state index in [1.807, 2.05) is 35.7 Å². The van der Waals surface area contributed by atoms with Crippen molar-refractivity contribution in [3.63, 3.8) is 0 Å². The number of thiophene rings is 1.